The van der Waals surface area contributed by atoms with Gasteiger partial charge in [0.15, 0.2) is 5.13 Å². The number of aryl methyl sites for hydroxylation is 2. The molecule has 1 N–H and O–H groups in total. The van der Waals surface area contributed by atoms with E-state index in [1.807, 2.05) is 39.0 Å². The lowest BCUT2D eigenvalue weighted by atomic mass is 10.1. The Kier molecular flexibility index (Phi) is 6.34. The molecule has 5 rings (SSSR count). The minimum atomic E-state index is -0.554. The molecule has 0 saturated carbocycles. The van der Waals surface area contributed by atoms with E-state index in [4.69, 9.17) is 4.74 Å². The van der Waals surface area contributed by atoms with E-state index in [9.17, 15) is 9.59 Å². The molecule has 0 spiro atoms. The van der Waals surface area contributed by atoms with Crippen LogP contribution in [0.5, 0.6) is 0 Å². The Hall–Kier alpha value is -3.23. The summed E-state index contributed by atoms with van der Waals surface area (Å²) in [6.07, 6.45) is 2.32. The maximum absolute atomic E-state index is 12.9. The van der Waals surface area contributed by atoms with E-state index in [0.717, 1.165) is 34.3 Å². The summed E-state index contributed by atoms with van der Waals surface area (Å²) in [6.45, 7) is 6.10. The van der Waals surface area contributed by atoms with Crippen LogP contribution in [-0.2, 0) is 24.0 Å². The SMILES string of the molecule is CC(C)(C)OC(=O)N1CCc2cc(C(=O)Nc3nc4ccc(CCc5cccs5)cc4s3)ccc21. The summed E-state index contributed by atoms with van der Waals surface area (Å²) in [7, 11) is 0. The van der Waals surface area contributed by atoms with E-state index in [0.29, 0.717) is 23.7 Å². The highest BCUT2D eigenvalue weighted by atomic mass is 32.1. The Morgan fingerprint density at radius 1 is 1.11 bits per heavy atom. The molecule has 8 heteroatoms. The van der Waals surface area contributed by atoms with Gasteiger partial charge in [0.1, 0.15) is 5.60 Å². The molecule has 2 aromatic carbocycles. The van der Waals surface area contributed by atoms with E-state index in [1.165, 1.54) is 21.8 Å². The van der Waals surface area contributed by atoms with Gasteiger partial charge in [0.05, 0.1) is 15.9 Å². The van der Waals surface area contributed by atoms with Crippen LogP contribution in [0.1, 0.15) is 47.1 Å². The van der Waals surface area contributed by atoms with Crippen molar-refractivity contribution in [1.82, 2.24) is 4.98 Å². The van der Waals surface area contributed by atoms with Crippen molar-refractivity contribution in [2.45, 2.75) is 45.6 Å². The quantitative estimate of drug-likeness (QED) is 0.328. The van der Waals surface area contributed by atoms with Gasteiger partial charge in [0, 0.05) is 17.0 Å². The van der Waals surface area contributed by atoms with Crippen LogP contribution in [0.4, 0.5) is 15.6 Å². The lowest BCUT2D eigenvalue weighted by molar-refractivity contribution is 0.0584. The zero-order chi connectivity index (χ0) is 24.6. The maximum Gasteiger partial charge on any atom is 0.414 e. The first-order valence-electron chi connectivity index (χ1n) is 11.6. The van der Waals surface area contributed by atoms with E-state index >= 15 is 0 Å². The van der Waals surface area contributed by atoms with Crippen molar-refractivity contribution in [3.05, 3.63) is 75.5 Å². The van der Waals surface area contributed by atoms with Crippen LogP contribution in [0.3, 0.4) is 0 Å². The average molecular weight is 506 g/mol. The Balaban J connectivity index is 1.26. The predicted molar refractivity (Wildman–Crippen MR) is 143 cm³/mol. The number of hydrogen-bond donors (Lipinski definition) is 1. The molecular weight excluding hydrogens is 478 g/mol. The zero-order valence-corrected chi connectivity index (χ0v) is 21.6. The van der Waals surface area contributed by atoms with Crippen LogP contribution in [0.25, 0.3) is 10.2 Å². The molecule has 0 radical (unpaired) electrons. The molecule has 1 aliphatic heterocycles. The fourth-order valence-electron chi connectivity index (χ4n) is 4.12. The lowest BCUT2D eigenvalue weighted by Gasteiger charge is -2.24. The predicted octanol–water partition coefficient (Wildman–Crippen LogP) is 6.69. The summed E-state index contributed by atoms with van der Waals surface area (Å²) in [5.74, 6) is -0.208. The number of amides is 2. The molecule has 6 nitrogen and oxygen atoms in total. The minimum Gasteiger partial charge on any atom is -0.443 e. The first kappa shape index (κ1) is 23.5. The average Bonchev–Trinajstić information content (AvgIpc) is 3.54. The number of nitrogens with zero attached hydrogens (tertiary/aromatic N) is 2. The summed E-state index contributed by atoms with van der Waals surface area (Å²) in [6, 6.07) is 16.0. The minimum absolute atomic E-state index is 0.208. The third-order valence-electron chi connectivity index (χ3n) is 5.76. The maximum atomic E-state index is 12.9. The van der Waals surface area contributed by atoms with Crippen LogP contribution < -0.4 is 10.2 Å². The number of hydrogen-bond acceptors (Lipinski definition) is 6. The molecular formula is C27H27N3O3S2. The van der Waals surface area contributed by atoms with Crippen molar-refractivity contribution in [1.29, 1.82) is 0 Å². The molecule has 4 aromatic rings. The van der Waals surface area contributed by atoms with E-state index in [-0.39, 0.29) is 12.0 Å². The van der Waals surface area contributed by atoms with Gasteiger partial charge >= 0.3 is 6.09 Å². The van der Waals surface area contributed by atoms with Crippen molar-refractivity contribution >= 4 is 55.7 Å². The van der Waals surface area contributed by atoms with Gasteiger partial charge in [-0.2, -0.15) is 0 Å². The van der Waals surface area contributed by atoms with Crippen LogP contribution in [-0.4, -0.2) is 29.1 Å². The first-order chi connectivity index (χ1) is 16.7. The molecule has 35 heavy (non-hydrogen) atoms. The van der Waals surface area contributed by atoms with Crippen molar-refractivity contribution < 1.29 is 14.3 Å². The van der Waals surface area contributed by atoms with Gasteiger partial charge in [0.2, 0.25) is 0 Å². The second-order valence-corrected chi connectivity index (χ2v) is 11.6. The highest BCUT2D eigenvalue weighted by molar-refractivity contribution is 7.22. The van der Waals surface area contributed by atoms with Gasteiger partial charge in [-0.15, -0.1) is 11.3 Å². The number of carbonyl (C=O) groups excluding carboxylic acids is 2. The molecule has 0 atom stereocenters. The van der Waals surface area contributed by atoms with Gasteiger partial charge < -0.3 is 4.74 Å². The molecule has 0 aliphatic carbocycles. The number of thiazole rings is 1. The fraction of sp³-hybridized carbons (Fsp3) is 0.296. The highest BCUT2D eigenvalue weighted by Gasteiger charge is 2.29. The number of aromatic nitrogens is 1. The van der Waals surface area contributed by atoms with E-state index < -0.39 is 5.60 Å². The van der Waals surface area contributed by atoms with Crippen molar-refractivity contribution in [2.24, 2.45) is 0 Å². The third kappa shape index (κ3) is 5.39. The van der Waals surface area contributed by atoms with Crippen molar-refractivity contribution in [3.63, 3.8) is 0 Å². The van der Waals surface area contributed by atoms with Crippen LogP contribution >= 0.6 is 22.7 Å². The van der Waals surface area contributed by atoms with Gasteiger partial charge in [-0.25, -0.2) is 9.78 Å². The van der Waals surface area contributed by atoms with Crippen molar-refractivity contribution in [2.75, 3.05) is 16.8 Å². The summed E-state index contributed by atoms with van der Waals surface area (Å²) in [5, 5.41) is 5.63. The zero-order valence-electron chi connectivity index (χ0n) is 20.0. The number of ether oxygens (including phenoxy) is 1. The molecule has 3 heterocycles. The molecule has 180 valence electrons. The fourth-order valence-corrected chi connectivity index (χ4v) is 5.75. The normalized spacial score (nSPS) is 13.2. The second kappa shape index (κ2) is 9.43. The summed E-state index contributed by atoms with van der Waals surface area (Å²) >= 11 is 3.27. The van der Waals surface area contributed by atoms with E-state index in [1.54, 1.807) is 22.3 Å². The molecule has 1 aliphatic rings. The third-order valence-corrected chi connectivity index (χ3v) is 7.63. The Morgan fingerprint density at radius 3 is 2.74 bits per heavy atom. The smallest absolute Gasteiger partial charge is 0.414 e. The monoisotopic (exact) mass is 505 g/mol. The van der Waals surface area contributed by atoms with Crippen LogP contribution in [0.15, 0.2) is 53.9 Å². The molecule has 0 bridgehead atoms. The van der Waals surface area contributed by atoms with Crippen LogP contribution in [0, 0.1) is 0 Å². The van der Waals surface area contributed by atoms with Gasteiger partial charge in [-0.3, -0.25) is 15.0 Å². The van der Waals surface area contributed by atoms with Gasteiger partial charge in [-0.1, -0.05) is 23.5 Å². The number of nitrogens with one attached hydrogen (secondary N) is 1. The number of benzene rings is 2. The number of anilines is 2. The molecule has 2 aromatic heterocycles. The number of carbonyl (C=O) groups is 2. The summed E-state index contributed by atoms with van der Waals surface area (Å²) in [4.78, 5) is 33.1. The number of fused-ring (bicyclic) bond motifs is 2. The Morgan fingerprint density at radius 2 is 1.97 bits per heavy atom. The topological polar surface area (TPSA) is 71.5 Å². The largest absolute Gasteiger partial charge is 0.443 e. The molecule has 0 unspecified atom stereocenters. The summed E-state index contributed by atoms with van der Waals surface area (Å²) < 4.78 is 6.57. The van der Waals surface area contributed by atoms with Gasteiger partial charge in [0.25, 0.3) is 5.91 Å². The lowest BCUT2D eigenvalue weighted by Crippen LogP contribution is -2.35. The summed E-state index contributed by atoms with van der Waals surface area (Å²) in [5.41, 5.74) is 3.90. The first-order valence-corrected chi connectivity index (χ1v) is 13.3. The molecule has 0 fully saturated rings. The Labute approximate surface area is 212 Å². The highest BCUT2D eigenvalue weighted by Crippen LogP contribution is 2.31. The molecule has 0 saturated heterocycles. The second-order valence-electron chi connectivity index (χ2n) is 9.58. The van der Waals surface area contributed by atoms with Gasteiger partial charge in [-0.05, 0) is 92.9 Å². The Bertz CT molecular complexity index is 1390. The standard InChI is InChI=1S/C27H27N3O3S2/c1-27(2,3)33-26(32)30-13-12-18-16-19(8-11-22(18)30)24(31)29-25-28-21-10-7-17(15-23(21)35-25)6-9-20-5-4-14-34-20/h4-5,7-8,10-11,14-16H,6,9,12-13H2,1-3H3,(H,28,29,31). The molecule has 2 amide bonds. The number of rotatable bonds is 5. The number of thiophene rings is 1. The van der Waals surface area contributed by atoms with E-state index in [2.05, 4.69) is 39.9 Å². The van der Waals surface area contributed by atoms with Crippen LogP contribution in [0.2, 0.25) is 0 Å². The van der Waals surface area contributed by atoms with Crippen molar-refractivity contribution in [3.8, 4) is 0 Å².